The molecule has 6 heteroatoms. The van der Waals surface area contributed by atoms with Crippen molar-refractivity contribution in [2.75, 3.05) is 5.73 Å². The number of aromatic nitrogens is 4. The second-order valence-corrected chi connectivity index (χ2v) is 9.71. The van der Waals surface area contributed by atoms with Crippen molar-refractivity contribution in [3.8, 4) is 22.3 Å². The van der Waals surface area contributed by atoms with Crippen LogP contribution in [0.3, 0.4) is 0 Å². The minimum absolute atomic E-state index is 0. The number of nitrogens with zero attached hydrogens (tertiary/aromatic N) is 2. The molecular weight excluding hydrogens is 502 g/mol. The third-order valence-corrected chi connectivity index (χ3v) is 6.97. The molecule has 0 amide bonds. The molecule has 0 unspecified atom stereocenters. The molecule has 2 aliphatic rings. The Labute approximate surface area is 232 Å². The van der Waals surface area contributed by atoms with E-state index in [-0.39, 0.29) is 12.4 Å². The summed E-state index contributed by atoms with van der Waals surface area (Å²) in [6.07, 6.45) is 8.22. The third kappa shape index (κ3) is 4.76. The molecule has 5 aromatic rings. The number of hydrogen-bond acceptors (Lipinski definition) is 3. The first-order chi connectivity index (χ1) is 18.6. The molecule has 4 N–H and O–H groups in total. The summed E-state index contributed by atoms with van der Waals surface area (Å²) in [6, 6.07) is 29.1. The molecule has 2 aliphatic heterocycles. The van der Waals surface area contributed by atoms with E-state index in [0.717, 1.165) is 67.2 Å². The summed E-state index contributed by atoms with van der Waals surface area (Å²) < 4.78 is 0. The Morgan fingerprint density at radius 2 is 1.18 bits per heavy atom. The summed E-state index contributed by atoms with van der Waals surface area (Å²) in [5.41, 5.74) is 20.0. The number of halogens is 1. The molecule has 8 bridgehead atoms. The standard InChI is InChI=1S/C33H25N5.ClH/c1-20-2-3-22(16-30(20)21-4-6-23(34)7-5-21)33-31-14-12-28(37-31)18-26-10-8-24(35-26)17-25-9-11-27(36-25)19-29-13-15-32(33)38-29;/h2-19,35,38H,34H2,1H3;1H. The van der Waals surface area contributed by atoms with Crippen LogP contribution in [0.25, 0.3) is 68.6 Å². The Kier molecular flexibility index (Phi) is 6.14. The molecule has 0 aliphatic carbocycles. The van der Waals surface area contributed by atoms with E-state index in [1.54, 1.807) is 0 Å². The van der Waals surface area contributed by atoms with Crippen molar-refractivity contribution in [1.82, 2.24) is 19.9 Å². The lowest BCUT2D eigenvalue weighted by atomic mass is 9.94. The maximum Gasteiger partial charge on any atom is 0.0736 e. The SMILES string of the molecule is Cc1ccc(-c2c3nc(cc4ccc(cc5nc(cc6ccc2[nH]6)C=C5)[nH]4)C=C3)cc1-c1ccc(N)cc1.Cl. The largest absolute Gasteiger partial charge is 0.399 e. The van der Waals surface area contributed by atoms with Crippen LogP contribution in [-0.2, 0) is 0 Å². The number of anilines is 1. The summed E-state index contributed by atoms with van der Waals surface area (Å²) in [5.74, 6) is 0. The topological polar surface area (TPSA) is 83.4 Å². The molecular formula is C33H26ClN5. The predicted molar refractivity (Wildman–Crippen MR) is 166 cm³/mol. The minimum Gasteiger partial charge on any atom is -0.399 e. The Hall–Kier alpha value is -4.87. The fourth-order valence-corrected chi connectivity index (χ4v) is 5.06. The van der Waals surface area contributed by atoms with E-state index in [1.807, 2.05) is 30.4 Å². The Morgan fingerprint density at radius 3 is 1.90 bits per heavy atom. The number of fused-ring (bicyclic) bond motifs is 8. The highest BCUT2D eigenvalue weighted by molar-refractivity contribution is 5.92. The number of rotatable bonds is 2. The molecule has 2 aromatic carbocycles. The fraction of sp³-hybridized carbons (Fsp3) is 0.0303. The van der Waals surface area contributed by atoms with Gasteiger partial charge in [0.2, 0.25) is 0 Å². The van der Waals surface area contributed by atoms with Gasteiger partial charge >= 0.3 is 0 Å². The lowest BCUT2D eigenvalue weighted by Crippen LogP contribution is -1.90. The highest BCUT2D eigenvalue weighted by Gasteiger charge is 2.13. The maximum absolute atomic E-state index is 5.95. The second kappa shape index (κ2) is 9.78. The van der Waals surface area contributed by atoms with Crippen LogP contribution in [0.5, 0.6) is 0 Å². The summed E-state index contributed by atoms with van der Waals surface area (Å²) in [5, 5.41) is 0. The first-order valence-corrected chi connectivity index (χ1v) is 12.6. The van der Waals surface area contributed by atoms with E-state index in [1.165, 1.54) is 11.1 Å². The molecule has 5 heterocycles. The number of benzene rings is 2. The van der Waals surface area contributed by atoms with E-state index in [2.05, 4.69) is 95.8 Å². The smallest absolute Gasteiger partial charge is 0.0736 e. The lowest BCUT2D eigenvalue weighted by molar-refractivity contribution is 1.31. The monoisotopic (exact) mass is 527 g/mol. The van der Waals surface area contributed by atoms with Gasteiger partial charge in [-0.1, -0.05) is 24.3 Å². The Bertz CT molecular complexity index is 1940. The Morgan fingerprint density at radius 1 is 0.590 bits per heavy atom. The fourth-order valence-electron chi connectivity index (χ4n) is 5.06. The van der Waals surface area contributed by atoms with E-state index in [0.29, 0.717) is 0 Å². The summed E-state index contributed by atoms with van der Waals surface area (Å²) in [4.78, 5) is 16.9. The van der Waals surface area contributed by atoms with Crippen molar-refractivity contribution in [2.45, 2.75) is 6.92 Å². The van der Waals surface area contributed by atoms with Gasteiger partial charge in [-0.25, -0.2) is 9.97 Å². The van der Waals surface area contributed by atoms with Gasteiger partial charge in [0.1, 0.15) is 0 Å². The van der Waals surface area contributed by atoms with Gasteiger partial charge in [-0.2, -0.15) is 0 Å². The molecule has 0 fully saturated rings. The van der Waals surface area contributed by atoms with E-state index >= 15 is 0 Å². The molecule has 39 heavy (non-hydrogen) atoms. The number of nitrogens with one attached hydrogen (secondary N) is 2. The summed E-state index contributed by atoms with van der Waals surface area (Å²) in [7, 11) is 0. The van der Waals surface area contributed by atoms with Crippen LogP contribution in [-0.4, -0.2) is 19.9 Å². The van der Waals surface area contributed by atoms with Crippen LogP contribution in [0.2, 0.25) is 0 Å². The van der Waals surface area contributed by atoms with Crippen LogP contribution < -0.4 is 5.73 Å². The number of hydrogen-bond donors (Lipinski definition) is 3. The van der Waals surface area contributed by atoms with Crippen LogP contribution >= 0.6 is 12.4 Å². The van der Waals surface area contributed by atoms with E-state index in [9.17, 15) is 0 Å². The van der Waals surface area contributed by atoms with Gasteiger partial charge in [-0.05, 0) is 114 Å². The normalized spacial score (nSPS) is 11.9. The van der Waals surface area contributed by atoms with Crippen LogP contribution in [0.15, 0.2) is 84.9 Å². The van der Waals surface area contributed by atoms with Gasteiger partial charge in [-0.3, -0.25) is 0 Å². The van der Waals surface area contributed by atoms with Crippen LogP contribution in [0.4, 0.5) is 5.69 Å². The van der Waals surface area contributed by atoms with E-state index in [4.69, 9.17) is 15.7 Å². The van der Waals surface area contributed by atoms with Gasteiger partial charge in [0.05, 0.1) is 22.8 Å². The first kappa shape index (κ1) is 24.5. The average Bonchev–Trinajstić information content (AvgIpc) is 3.72. The zero-order chi connectivity index (χ0) is 25.6. The van der Waals surface area contributed by atoms with Crippen molar-refractivity contribution in [3.05, 3.63) is 113 Å². The molecule has 3 aromatic heterocycles. The predicted octanol–water partition coefficient (Wildman–Crippen LogP) is 8.30. The number of H-pyrrole nitrogens is 2. The number of nitrogen functional groups attached to an aromatic ring is 1. The number of nitrogens with two attached hydrogens (primary N) is 1. The van der Waals surface area contributed by atoms with Gasteiger partial charge in [0.15, 0.2) is 0 Å². The lowest BCUT2D eigenvalue weighted by Gasteiger charge is -2.11. The van der Waals surface area contributed by atoms with Gasteiger partial charge in [0.25, 0.3) is 0 Å². The molecule has 0 spiro atoms. The molecule has 190 valence electrons. The minimum atomic E-state index is 0. The second-order valence-electron chi connectivity index (χ2n) is 9.71. The maximum atomic E-state index is 5.95. The average molecular weight is 528 g/mol. The van der Waals surface area contributed by atoms with Crippen LogP contribution in [0, 0.1) is 6.92 Å². The molecule has 0 radical (unpaired) electrons. The highest BCUT2D eigenvalue weighted by atomic mass is 35.5. The molecule has 5 nitrogen and oxygen atoms in total. The molecule has 0 atom stereocenters. The van der Waals surface area contributed by atoms with Gasteiger partial charge < -0.3 is 15.7 Å². The number of aromatic amines is 2. The highest BCUT2D eigenvalue weighted by Crippen LogP contribution is 2.34. The van der Waals surface area contributed by atoms with Crippen molar-refractivity contribution in [1.29, 1.82) is 0 Å². The van der Waals surface area contributed by atoms with Crippen molar-refractivity contribution in [2.24, 2.45) is 0 Å². The molecule has 0 saturated carbocycles. The number of aryl methyl sites for hydroxylation is 1. The molecule has 0 saturated heterocycles. The van der Waals surface area contributed by atoms with E-state index < -0.39 is 0 Å². The zero-order valence-electron chi connectivity index (χ0n) is 21.3. The van der Waals surface area contributed by atoms with Crippen molar-refractivity contribution < 1.29 is 0 Å². The first-order valence-electron chi connectivity index (χ1n) is 12.6. The Balaban J connectivity index is 0.00000277. The zero-order valence-corrected chi connectivity index (χ0v) is 22.1. The van der Waals surface area contributed by atoms with Crippen molar-refractivity contribution in [3.63, 3.8) is 0 Å². The van der Waals surface area contributed by atoms with Crippen LogP contribution in [0.1, 0.15) is 28.3 Å². The quantitative estimate of drug-likeness (QED) is 0.198. The van der Waals surface area contributed by atoms with Gasteiger partial charge in [-0.15, -0.1) is 12.4 Å². The summed E-state index contributed by atoms with van der Waals surface area (Å²) in [6.45, 7) is 2.14. The summed E-state index contributed by atoms with van der Waals surface area (Å²) >= 11 is 0. The third-order valence-electron chi connectivity index (χ3n) is 6.97. The van der Waals surface area contributed by atoms with Crippen molar-refractivity contribution >= 4 is 64.5 Å². The van der Waals surface area contributed by atoms with Gasteiger partial charge in [0, 0.05) is 33.3 Å². The molecule has 7 rings (SSSR count).